The van der Waals surface area contributed by atoms with E-state index in [9.17, 15) is 13.2 Å². The minimum atomic E-state index is -3.89. The van der Waals surface area contributed by atoms with Gasteiger partial charge in [-0.15, -0.1) is 11.3 Å². The first-order chi connectivity index (χ1) is 7.99. The number of carbonyl (C=O) groups is 1. The van der Waals surface area contributed by atoms with Crippen molar-refractivity contribution >= 4 is 38.9 Å². The van der Waals surface area contributed by atoms with E-state index < -0.39 is 15.9 Å². The number of nitrogens with one attached hydrogen (secondary N) is 1. The summed E-state index contributed by atoms with van der Waals surface area (Å²) < 4.78 is 30.4. The molecule has 0 fully saturated rings. The monoisotopic (exact) mass is 291 g/mol. The van der Waals surface area contributed by atoms with Crippen molar-refractivity contribution in [1.29, 1.82) is 0 Å². The normalized spacial score (nSPS) is 11.4. The number of hydrogen-bond acceptors (Lipinski definition) is 5. The van der Waals surface area contributed by atoms with Gasteiger partial charge < -0.3 is 4.42 Å². The minimum Gasteiger partial charge on any atom is -0.459 e. The fourth-order valence-electron chi connectivity index (χ4n) is 1.07. The lowest BCUT2D eigenvalue weighted by Gasteiger charge is -2.02. The number of halogens is 1. The molecular weight excluding hydrogens is 286 g/mol. The van der Waals surface area contributed by atoms with Gasteiger partial charge in [0.25, 0.3) is 10.0 Å². The molecule has 0 spiro atoms. The van der Waals surface area contributed by atoms with Gasteiger partial charge in [0.15, 0.2) is 5.76 Å². The van der Waals surface area contributed by atoms with E-state index >= 15 is 0 Å². The lowest BCUT2D eigenvalue weighted by atomic mass is 10.4. The highest BCUT2D eigenvalue weighted by molar-refractivity contribution is 7.92. The summed E-state index contributed by atoms with van der Waals surface area (Å²) >= 11 is 6.49. The molecule has 5 nitrogen and oxygen atoms in total. The van der Waals surface area contributed by atoms with Crippen molar-refractivity contribution in [2.45, 2.75) is 4.21 Å². The smallest absolute Gasteiger partial charge is 0.300 e. The molecule has 0 aromatic carbocycles. The first kappa shape index (κ1) is 12.2. The highest BCUT2D eigenvalue weighted by Crippen LogP contribution is 2.25. The zero-order valence-corrected chi connectivity index (χ0v) is 10.6. The fraction of sp³-hybridized carbons (Fsp3) is 0. The quantitative estimate of drug-likeness (QED) is 0.939. The summed E-state index contributed by atoms with van der Waals surface area (Å²) in [5, 5.41) is 0. The second-order valence-corrected chi connectivity index (χ2v) is 6.59. The summed E-state index contributed by atoms with van der Waals surface area (Å²) in [7, 11) is -3.89. The first-order valence-electron chi connectivity index (χ1n) is 4.35. The SMILES string of the molecule is O=C(NS(=O)(=O)c1ccc(Cl)s1)c1ccco1. The van der Waals surface area contributed by atoms with Crippen LogP contribution < -0.4 is 4.72 Å². The van der Waals surface area contributed by atoms with Crippen LogP contribution in [0, 0.1) is 0 Å². The van der Waals surface area contributed by atoms with Gasteiger partial charge in [0.1, 0.15) is 4.21 Å². The predicted octanol–water partition coefficient (Wildman–Crippen LogP) is 2.11. The topological polar surface area (TPSA) is 76.4 Å². The van der Waals surface area contributed by atoms with Crippen molar-refractivity contribution in [1.82, 2.24) is 4.72 Å². The van der Waals surface area contributed by atoms with Crippen LogP contribution in [-0.4, -0.2) is 14.3 Å². The molecule has 0 aliphatic rings. The van der Waals surface area contributed by atoms with Crippen LogP contribution in [0.25, 0.3) is 0 Å². The maximum Gasteiger partial charge on any atom is 0.300 e. The van der Waals surface area contributed by atoms with Crippen LogP contribution in [0.2, 0.25) is 4.34 Å². The molecule has 0 radical (unpaired) electrons. The van der Waals surface area contributed by atoms with Crippen molar-refractivity contribution in [3.05, 3.63) is 40.6 Å². The molecule has 2 aromatic heterocycles. The van der Waals surface area contributed by atoms with E-state index in [4.69, 9.17) is 16.0 Å². The van der Waals surface area contributed by atoms with Gasteiger partial charge in [-0.2, -0.15) is 0 Å². The van der Waals surface area contributed by atoms with E-state index in [1.807, 2.05) is 4.72 Å². The Morgan fingerprint density at radius 1 is 1.35 bits per heavy atom. The Labute approximate surface area is 106 Å². The number of furan rings is 1. The molecule has 1 N–H and O–H groups in total. The molecule has 0 bridgehead atoms. The Morgan fingerprint density at radius 3 is 2.65 bits per heavy atom. The zero-order valence-electron chi connectivity index (χ0n) is 8.21. The third kappa shape index (κ3) is 2.68. The van der Waals surface area contributed by atoms with Gasteiger partial charge in [0, 0.05) is 0 Å². The Hall–Kier alpha value is -1.31. The number of amides is 1. The van der Waals surface area contributed by atoms with Crippen molar-refractivity contribution < 1.29 is 17.6 Å². The molecule has 2 heterocycles. The number of thiophene rings is 1. The van der Waals surface area contributed by atoms with E-state index in [0.29, 0.717) is 4.34 Å². The van der Waals surface area contributed by atoms with Gasteiger partial charge in [0.2, 0.25) is 0 Å². The Bertz CT molecular complexity index is 630. The summed E-state index contributed by atoms with van der Waals surface area (Å²) in [6.45, 7) is 0. The highest BCUT2D eigenvalue weighted by Gasteiger charge is 2.21. The van der Waals surface area contributed by atoms with Gasteiger partial charge >= 0.3 is 5.91 Å². The summed E-state index contributed by atoms with van der Waals surface area (Å²) in [4.78, 5) is 11.5. The summed E-state index contributed by atoms with van der Waals surface area (Å²) in [5.41, 5.74) is 0. The van der Waals surface area contributed by atoms with Crippen LogP contribution in [0.3, 0.4) is 0 Å². The standard InChI is InChI=1S/C9H6ClNO4S2/c10-7-3-4-8(16-7)17(13,14)11-9(12)6-2-1-5-15-6/h1-5H,(H,11,12). The molecule has 0 unspecified atom stereocenters. The lowest BCUT2D eigenvalue weighted by Crippen LogP contribution is -2.29. The number of carbonyl (C=O) groups excluding carboxylic acids is 1. The summed E-state index contributed by atoms with van der Waals surface area (Å²) in [6, 6.07) is 5.62. The maximum atomic E-state index is 11.7. The average Bonchev–Trinajstić information content (AvgIpc) is 2.86. The molecule has 2 rings (SSSR count). The highest BCUT2D eigenvalue weighted by atomic mass is 35.5. The molecule has 90 valence electrons. The summed E-state index contributed by atoms with van der Waals surface area (Å²) in [5.74, 6) is -0.893. The van der Waals surface area contributed by atoms with Gasteiger partial charge in [0.05, 0.1) is 10.6 Å². The van der Waals surface area contributed by atoms with Crippen molar-refractivity contribution in [2.75, 3.05) is 0 Å². The van der Waals surface area contributed by atoms with Crippen LogP contribution in [-0.2, 0) is 10.0 Å². The number of sulfonamides is 1. The molecule has 0 atom stereocenters. The molecule has 8 heteroatoms. The van der Waals surface area contributed by atoms with E-state index in [1.165, 1.54) is 30.5 Å². The van der Waals surface area contributed by atoms with Gasteiger partial charge in [-0.05, 0) is 24.3 Å². The van der Waals surface area contributed by atoms with Gasteiger partial charge in [-0.3, -0.25) is 4.79 Å². The number of rotatable bonds is 3. The lowest BCUT2D eigenvalue weighted by molar-refractivity contribution is 0.0954. The van der Waals surface area contributed by atoms with Crippen molar-refractivity contribution in [2.24, 2.45) is 0 Å². The van der Waals surface area contributed by atoms with E-state index in [0.717, 1.165) is 11.3 Å². The van der Waals surface area contributed by atoms with Crippen LogP contribution in [0.1, 0.15) is 10.6 Å². The molecular formula is C9H6ClNO4S2. The molecule has 0 saturated heterocycles. The third-order valence-electron chi connectivity index (χ3n) is 1.79. The third-order valence-corrected chi connectivity index (χ3v) is 4.84. The Balaban J connectivity index is 2.21. The molecule has 0 aliphatic heterocycles. The molecule has 1 amide bonds. The minimum absolute atomic E-state index is 0.0255. The maximum absolute atomic E-state index is 11.7. The van der Waals surface area contributed by atoms with Crippen LogP contribution in [0.15, 0.2) is 39.2 Å². The first-order valence-corrected chi connectivity index (χ1v) is 7.03. The summed E-state index contributed by atoms with van der Waals surface area (Å²) in [6.07, 6.45) is 1.28. The number of hydrogen-bond donors (Lipinski definition) is 1. The van der Waals surface area contributed by atoms with E-state index in [2.05, 4.69) is 0 Å². The molecule has 0 saturated carbocycles. The van der Waals surface area contributed by atoms with Crippen molar-refractivity contribution in [3.63, 3.8) is 0 Å². The average molecular weight is 292 g/mol. The Morgan fingerprint density at radius 2 is 2.12 bits per heavy atom. The second-order valence-electron chi connectivity index (χ2n) is 2.97. The second kappa shape index (κ2) is 4.52. The van der Waals surface area contributed by atoms with Crippen molar-refractivity contribution in [3.8, 4) is 0 Å². The predicted molar refractivity (Wildman–Crippen MR) is 62.7 cm³/mol. The largest absolute Gasteiger partial charge is 0.459 e. The van der Waals surface area contributed by atoms with E-state index in [-0.39, 0.29) is 9.97 Å². The van der Waals surface area contributed by atoms with Crippen LogP contribution in [0.5, 0.6) is 0 Å². The van der Waals surface area contributed by atoms with Gasteiger partial charge in [-0.25, -0.2) is 13.1 Å². The molecule has 17 heavy (non-hydrogen) atoms. The fourth-order valence-corrected chi connectivity index (χ4v) is 3.51. The molecule has 2 aromatic rings. The molecule has 0 aliphatic carbocycles. The van der Waals surface area contributed by atoms with Crippen LogP contribution in [0.4, 0.5) is 0 Å². The Kier molecular flexibility index (Phi) is 3.23. The van der Waals surface area contributed by atoms with E-state index in [1.54, 1.807) is 0 Å². The van der Waals surface area contributed by atoms with Crippen LogP contribution >= 0.6 is 22.9 Å². The zero-order chi connectivity index (χ0) is 12.5. The van der Waals surface area contributed by atoms with Gasteiger partial charge in [-0.1, -0.05) is 11.6 Å².